The molecule has 1 fully saturated rings. The number of hydrogen-bond acceptors (Lipinski definition) is 0. The summed E-state index contributed by atoms with van der Waals surface area (Å²) in [6.07, 6.45) is 6.08. The minimum Gasteiger partial charge on any atom is -0.0842 e. The molecule has 0 radical (unpaired) electrons. The average molecular weight is 94.2 g/mol. The van der Waals surface area contributed by atoms with E-state index in [1.54, 1.807) is 0 Å². The molecule has 0 spiro atoms. The van der Waals surface area contributed by atoms with E-state index in [4.69, 9.17) is 0 Å². The second-order valence-electron chi connectivity index (χ2n) is 2.61. The van der Waals surface area contributed by atoms with E-state index >= 15 is 0 Å². The van der Waals surface area contributed by atoms with Crippen molar-refractivity contribution in [2.45, 2.75) is 13.3 Å². The van der Waals surface area contributed by atoms with Crippen molar-refractivity contribution in [3.05, 3.63) is 12.2 Å². The Kier molecular flexibility index (Phi) is 0.495. The smallest absolute Gasteiger partial charge is 0.0133 e. The van der Waals surface area contributed by atoms with Crippen molar-refractivity contribution >= 4 is 0 Å². The van der Waals surface area contributed by atoms with Crippen LogP contribution in [0.25, 0.3) is 0 Å². The summed E-state index contributed by atoms with van der Waals surface area (Å²) >= 11 is 0. The third-order valence-electron chi connectivity index (χ3n) is 2.32. The second-order valence-corrected chi connectivity index (χ2v) is 2.61. The lowest BCUT2D eigenvalue weighted by atomic mass is 10.1. The summed E-state index contributed by atoms with van der Waals surface area (Å²) in [5.41, 5.74) is 0. The van der Waals surface area contributed by atoms with Gasteiger partial charge in [-0.1, -0.05) is 25.5 Å². The molecular weight excluding hydrogens is 84.1 g/mol. The summed E-state index contributed by atoms with van der Waals surface area (Å²) in [6.45, 7) is 2.28. The summed E-state index contributed by atoms with van der Waals surface area (Å²) in [7, 11) is 0. The molecule has 1 saturated carbocycles. The van der Waals surface area contributed by atoms with Crippen LogP contribution >= 0.6 is 0 Å². The molecule has 0 aromatic heterocycles. The van der Waals surface area contributed by atoms with Crippen molar-refractivity contribution in [2.24, 2.45) is 17.8 Å². The summed E-state index contributed by atoms with van der Waals surface area (Å²) in [6, 6.07) is 0. The van der Waals surface area contributed by atoms with Gasteiger partial charge in [-0.2, -0.15) is 0 Å². The maximum Gasteiger partial charge on any atom is -0.0133 e. The minimum atomic E-state index is 1.03. The van der Waals surface area contributed by atoms with Gasteiger partial charge in [-0.25, -0.2) is 0 Å². The molecule has 2 aliphatic rings. The number of rotatable bonds is 1. The van der Waals surface area contributed by atoms with E-state index in [1.807, 2.05) is 0 Å². The van der Waals surface area contributed by atoms with Crippen molar-refractivity contribution in [3.8, 4) is 0 Å². The fraction of sp³-hybridized carbons (Fsp3) is 0.714. The zero-order valence-electron chi connectivity index (χ0n) is 4.59. The first kappa shape index (κ1) is 3.71. The maximum atomic E-state index is 2.35. The summed E-state index contributed by atoms with van der Waals surface area (Å²) < 4.78 is 0. The van der Waals surface area contributed by atoms with Crippen LogP contribution in [0, 0.1) is 17.8 Å². The molecule has 2 atom stereocenters. The first-order valence-electron chi connectivity index (χ1n) is 3.12. The fourth-order valence-electron chi connectivity index (χ4n) is 1.63. The highest BCUT2D eigenvalue weighted by molar-refractivity contribution is 5.25. The summed E-state index contributed by atoms with van der Waals surface area (Å²) in [5.74, 6) is 3.13. The Morgan fingerprint density at radius 1 is 1.29 bits per heavy atom. The van der Waals surface area contributed by atoms with Gasteiger partial charge in [0.2, 0.25) is 0 Å². The quantitative estimate of drug-likeness (QED) is 0.435. The number of allylic oxidation sites excluding steroid dienone is 2. The molecule has 0 aromatic carbocycles. The molecule has 38 valence electrons. The Morgan fingerprint density at radius 3 is 2.00 bits per heavy atom. The van der Waals surface area contributed by atoms with E-state index in [2.05, 4.69) is 19.1 Å². The van der Waals surface area contributed by atoms with E-state index in [1.165, 1.54) is 6.42 Å². The monoisotopic (exact) mass is 94.1 g/mol. The van der Waals surface area contributed by atoms with Gasteiger partial charge >= 0.3 is 0 Å². The molecule has 2 rings (SSSR count). The van der Waals surface area contributed by atoms with Gasteiger partial charge in [0.05, 0.1) is 0 Å². The topological polar surface area (TPSA) is 0 Å². The molecule has 0 aromatic rings. The van der Waals surface area contributed by atoms with E-state index < -0.39 is 0 Å². The highest BCUT2D eigenvalue weighted by Crippen LogP contribution is 2.56. The minimum absolute atomic E-state index is 1.03. The second kappa shape index (κ2) is 0.936. The van der Waals surface area contributed by atoms with Crippen LogP contribution in [0.15, 0.2) is 12.2 Å². The Hall–Kier alpha value is -0.260. The number of hydrogen-bond donors (Lipinski definition) is 0. The molecule has 0 nitrogen and oxygen atoms in total. The lowest BCUT2D eigenvalue weighted by Crippen LogP contribution is -1.80. The van der Waals surface area contributed by atoms with Crippen LogP contribution in [0.2, 0.25) is 0 Å². The van der Waals surface area contributed by atoms with Crippen molar-refractivity contribution < 1.29 is 0 Å². The molecule has 7 heavy (non-hydrogen) atoms. The van der Waals surface area contributed by atoms with Gasteiger partial charge in [0.25, 0.3) is 0 Å². The molecule has 0 saturated heterocycles. The molecule has 0 aliphatic heterocycles. The molecule has 0 bridgehead atoms. The molecule has 0 amide bonds. The van der Waals surface area contributed by atoms with Crippen LogP contribution in [-0.2, 0) is 0 Å². The van der Waals surface area contributed by atoms with Crippen LogP contribution in [0.1, 0.15) is 13.3 Å². The highest BCUT2D eigenvalue weighted by atomic mass is 14.5. The normalized spacial score (nSPS) is 53.0. The van der Waals surface area contributed by atoms with Gasteiger partial charge in [0.1, 0.15) is 0 Å². The molecule has 2 unspecified atom stereocenters. The van der Waals surface area contributed by atoms with Crippen molar-refractivity contribution in [3.63, 3.8) is 0 Å². The molecule has 0 heterocycles. The van der Waals surface area contributed by atoms with Gasteiger partial charge in [-0.15, -0.1) is 0 Å². The third-order valence-corrected chi connectivity index (χ3v) is 2.32. The van der Waals surface area contributed by atoms with E-state index in [9.17, 15) is 0 Å². The lowest BCUT2D eigenvalue weighted by Gasteiger charge is -1.91. The largest absolute Gasteiger partial charge is 0.0842 e. The van der Waals surface area contributed by atoms with E-state index in [-0.39, 0.29) is 0 Å². The lowest BCUT2D eigenvalue weighted by molar-refractivity contribution is 0.752. The molecule has 0 N–H and O–H groups in total. The van der Waals surface area contributed by atoms with Crippen molar-refractivity contribution in [2.75, 3.05) is 0 Å². The summed E-state index contributed by atoms with van der Waals surface area (Å²) in [4.78, 5) is 0. The van der Waals surface area contributed by atoms with Crippen LogP contribution in [-0.4, -0.2) is 0 Å². The van der Waals surface area contributed by atoms with Gasteiger partial charge in [-0.05, 0) is 17.8 Å². The number of fused-ring (bicyclic) bond motifs is 1. The fourth-order valence-corrected chi connectivity index (χ4v) is 1.63. The first-order valence-corrected chi connectivity index (χ1v) is 3.12. The zero-order valence-corrected chi connectivity index (χ0v) is 4.59. The van der Waals surface area contributed by atoms with Crippen LogP contribution in [0.3, 0.4) is 0 Å². The Labute approximate surface area is 44.2 Å². The maximum absolute atomic E-state index is 2.35. The van der Waals surface area contributed by atoms with Gasteiger partial charge in [0.15, 0.2) is 0 Å². The van der Waals surface area contributed by atoms with Gasteiger partial charge in [-0.3, -0.25) is 0 Å². The SMILES string of the molecule is CCC1C2C=CC21. The highest BCUT2D eigenvalue weighted by Gasteiger charge is 2.50. The first-order chi connectivity index (χ1) is 3.43. The van der Waals surface area contributed by atoms with Gasteiger partial charge in [0, 0.05) is 0 Å². The Bertz CT molecular complexity index is 101. The molecule has 2 aliphatic carbocycles. The predicted molar refractivity (Wildman–Crippen MR) is 29.9 cm³/mol. The van der Waals surface area contributed by atoms with Crippen molar-refractivity contribution in [1.82, 2.24) is 0 Å². The third kappa shape index (κ3) is 0.287. The Balaban J connectivity index is 2.02. The van der Waals surface area contributed by atoms with Crippen molar-refractivity contribution in [1.29, 1.82) is 0 Å². The molecule has 0 heteroatoms. The van der Waals surface area contributed by atoms with Crippen LogP contribution in [0.4, 0.5) is 0 Å². The van der Waals surface area contributed by atoms with Gasteiger partial charge < -0.3 is 0 Å². The summed E-state index contributed by atoms with van der Waals surface area (Å²) in [5, 5.41) is 0. The van der Waals surface area contributed by atoms with E-state index in [0.717, 1.165) is 17.8 Å². The Morgan fingerprint density at radius 2 is 1.86 bits per heavy atom. The van der Waals surface area contributed by atoms with Crippen LogP contribution in [0.5, 0.6) is 0 Å². The average Bonchev–Trinajstić information content (AvgIpc) is 2.07. The van der Waals surface area contributed by atoms with E-state index in [0.29, 0.717) is 0 Å². The standard InChI is InChI=1S/C7H10/c1-2-5-6-3-4-7(5)6/h3-7H,2H2,1H3. The molecular formula is C7H10. The zero-order chi connectivity index (χ0) is 4.85. The predicted octanol–water partition coefficient (Wildman–Crippen LogP) is 1.83. The van der Waals surface area contributed by atoms with Crippen LogP contribution < -0.4 is 0 Å².